The van der Waals surface area contributed by atoms with Crippen LogP contribution < -0.4 is 4.90 Å². The van der Waals surface area contributed by atoms with Crippen molar-refractivity contribution in [2.75, 3.05) is 58.3 Å². The molecule has 1 atom stereocenters. The van der Waals surface area contributed by atoms with Gasteiger partial charge in [-0.25, -0.2) is 9.78 Å². The van der Waals surface area contributed by atoms with Crippen LogP contribution in [0.2, 0.25) is 0 Å². The number of piperazine rings is 1. The molecule has 3 heterocycles. The SMILES string of the molecule is CN(C)C(=O)N1CCC[C@@H](C(=O)N2CCN(c3ccc(C#N)cn3)CC2)C1. The molecule has 1 aromatic rings. The van der Waals surface area contributed by atoms with Gasteiger partial charge in [0.05, 0.1) is 11.5 Å². The molecule has 0 N–H and O–H groups in total. The van der Waals surface area contributed by atoms with Crippen molar-refractivity contribution < 1.29 is 9.59 Å². The lowest BCUT2D eigenvalue weighted by molar-refractivity contribution is -0.137. The number of anilines is 1. The molecule has 27 heavy (non-hydrogen) atoms. The second kappa shape index (κ2) is 8.25. The van der Waals surface area contributed by atoms with Crippen LogP contribution in [0.3, 0.4) is 0 Å². The Kier molecular flexibility index (Phi) is 5.79. The van der Waals surface area contributed by atoms with Gasteiger partial charge in [0.2, 0.25) is 5.91 Å². The zero-order valence-corrected chi connectivity index (χ0v) is 16.0. The van der Waals surface area contributed by atoms with E-state index in [0.717, 1.165) is 38.3 Å². The molecule has 8 nitrogen and oxygen atoms in total. The van der Waals surface area contributed by atoms with Crippen LogP contribution in [0.25, 0.3) is 0 Å². The summed E-state index contributed by atoms with van der Waals surface area (Å²) in [6.45, 7) is 3.97. The molecule has 2 aliphatic rings. The molecule has 2 saturated heterocycles. The Bertz CT molecular complexity index is 719. The van der Waals surface area contributed by atoms with Crippen molar-refractivity contribution in [3.63, 3.8) is 0 Å². The van der Waals surface area contributed by atoms with Crippen LogP contribution in [0, 0.1) is 17.2 Å². The van der Waals surface area contributed by atoms with Crippen molar-refractivity contribution in [2.45, 2.75) is 12.8 Å². The number of rotatable bonds is 2. The average molecular weight is 370 g/mol. The highest BCUT2D eigenvalue weighted by atomic mass is 16.2. The van der Waals surface area contributed by atoms with Crippen LogP contribution in [0.1, 0.15) is 18.4 Å². The van der Waals surface area contributed by atoms with Crippen LogP contribution in [0.15, 0.2) is 18.3 Å². The number of likely N-dealkylation sites (tertiary alicyclic amines) is 1. The third kappa shape index (κ3) is 4.30. The van der Waals surface area contributed by atoms with E-state index >= 15 is 0 Å². The average Bonchev–Trinajstić information content (AvgIpc) is 2.73. The zero-order chi connectivity index (χ0) is 19.4. The molecule has 0 unspecified atom stereocenters. The van der Waals surface area contributed by atoms with Gasteiger partial charge in [-0.2, -0.15) is 5.26 Å². The van der Waals surface area contributed by atoms with Gasteiger partial charge in [-0.05, 0) is 25.0 Å². The molecule has 0 bridgehead atoms. The minimum absolute atomic E-state index is 0.0239. The molecule has 8 heteroatoms. The summed E-state index contributed by atoms with van der Waals surface area (Å²) in [7, 11) is 3.48. The minimum Gasteiger partial charge on any atom is -0.353 e. The molecule has 1 aromatic heterocycles. The van der Waals surface area contributed by atoms with Crippen molar-refractivity contribution in [1.82, 2.24) is 19.7 Å². The van der Waals surface area contributed by atoms with Gasteiger partial charge in [0.25, 0.3) is 0 Å². The molecular formula is C19H26N6O2. The van der Waals surface area contributed by atoms with Gasteiger partial charge in [0, 0.05) is 59.6 Å². The Morgan fingerprint density at radius 2 is 1.89 bits per heavy atom. The number of carbonyl (C=O) groups is 2. The van der Waals surface area contributed by atoms with Crippen molar-refractivity contribution >= 4 is 17.8 Å². The van der Waals surface area contributed by atoms with E-state index in [9.17, 15) is 9.59 Å². The minimum atomic E-state index is -0.109. The number of nitriles is 1. The molecule has 3 amide bonds. The van der Waals surface area contributed by atoms with Crippen LogP contribution in [-0.4, -0.2) is 85.0 Å². The standard InChI is InChI=1S/C19H26N6O2/c1-22(2)19(27)25-7-3-4-16(14-25)18(26)24-10-8-23(9-11-24)17-6-5-15(12-20)13-21-17/h5-6,13,16H,3-4,7-11,14H2,1-2H3/t16-/m1/s1. The number of pyridine rings is 1. The summed E-state index contributed by atoms with van der Waals surface area (Å²) in [5, 5.41) is 8.87. The van der Waals surface area contributed by atoms with Gasteiger partial charge in [0.1, 0.15) is 11.9 Å². The molecular weight excluding hydrogens is 344 g/mol. The topological polar surface area (TPSA) is 83.8 Å². The fraction of sp³-hybridized carbons (Fsp3) is 0.579. The van der Waals surface area contributed by atoms with E-state index in [-0.39, 0.29) is 17.9 Å². The van der Waals surface area contributed by atoms with Crippen LogP contribution in [0.5, 0.6) is 0 Å². The first-order chi connectivity index (χ1) is 13.0. The van der Waals surface area contributed by atoms with E-state index in [1.54, 1.807) is 36.2 Å². The Morgan fingerprint density at radius 1 is 1.15 bits per heavy atom. The largest absolute Gasteiger partial charge is 0.353 e. The molecule has 0 spiro atoms. The molecule has 144 valence electrons. The van der Waals surface area contributed by atoms with Crippen molar-refractivity contribution in [3.8, 4) is 6.07 Å². The molecule has 0 aromatic carbocycles. The number of hydrogen-bond donors (Lipinski definition) is 0. The molecule has 0 saturated carbocycles. The molecule has 2 fully saturated rings. The maximum absolute atomic E-state index is 12.9. The van der Waals surface area contributed by atoms with Crippen molar-refractivity contribution in [1.29, 1.82) is 5.26 Å². The predicted octanol–water partition coefficient (Wildman–Crippen LogP) is 0.995. The maximum atomic E-state index is 12.9. The highest BCUT2D eigenvalue weighted by Crippen LogP contribution is 2.21. The monoisotopic (exact) mass is 370 g/mol. The lowest BCUT2D eigenvalue weighted by atomic mass is 9.96. The van der Waals surface area contributed by atoms with Gasteiger partial charge in [-0.1, -0.05) is 0 Å². The lowest BCUT2D eigenvalue weighted by Gasteiger charge is -2.39. The number of hydrogen-bond acceptors (Lipinski definition) is 5. The Balaban J connectivity index is 1.55. The zero-order valence-electron chi connectivity index (χ0n) is 16.0. The summed E-state index contributed by atoms with van der Waals surface area (Å²) in [6.07, 6.45) is 3.28. The number of piperidine rings is 1. The van der Waals surface area contributed by atoms with Gasteiger partial charge < -0.3 is 19.6 Å². The van der Waals surface area contributed by atoms with Gasteiger partial charge in [-0.3, -0.25) is 4.79 Å². The third-order valence-corrected chi connectivity index (χ3v) is 5.22. The summed E-state index contributed by atoms with van der Waals surface area (Å²) in [4.78, 5) is 36.8. The smallest absolute Gasteiger partial charge is 0.319 e. The molecule has 2 aliphatic heterocycles. The van der Waals surface area contributed by atoms with Gasteiger partial charge >= 0.3 is 6.03 Å². The van der Waals surface area contributed by atoms with Crippen LogP contribution in [-0.2, 0) is 4.79 Å². The van der Waals surface area contributed by atoms with E-state index in [2.05, 4.69) is 16.0 Å². The first kappa shape index (κ1) is 19.0. The summed E-state index contributed by atoms with van der Waals surface area (Å²) in [5.74, 6) is 0.877. The molecule has 0 radical (unpaired) electrons. The summed E-state index contributed by atoms with van der Waals surface area (Å²) in [6, 6.07) is 5.66. The second-order valence-corrected chi connectivity index (χ2v) is 7.29. The number of aromatic nitrogens is 1. The highest BCUT2D eigenvalue weighted by molar-refractivity contribution is 5.81. The van der Waals surface area contributed by atoms with Crippen LogP contribution in [0.4, 0.5) is 10.6 Å². The fourth-order valence-corrected chi connectivity index (χ4v) is 3.69. The van der Waals surface area contributed by atoms with Gasteiger partial charge in [-0.15, -0.1) is 0 Å². The third-order valence-electron chi connectivity index (χ3n) is 5.22. The predicted molar refractivity (Wildman–Crippen MR) is 101 cm³/mol. The number of carbonyl (C=O) groups excluding carboxylic acids is 2. The lowest BCUT2D eigenvalue weighted by Crippen LogP contribution is -2.54. The highest BCUT2D eigenvalue weighted by Gasteiger charge is 2.33. The van der Waals surface area contributed by atoms with E-state index in [1.165, 1.54) is 0 Å². The van der Waals surface area contributed by atoms with Crippen LogP contribution >= 0.6 is 0 Å². The Labute approximate surface area is 160 Å². The Morgan fingerprint density at radius 3 is 2.48 bits per heavy atom. The molecule has 3 rings (SSSR count). The van der Waals surface area contributed by atoms with E-state index in [1.807, 2.05) is 11.0 Å². The normalized spacial score (nSPS) is 20.2. The molecule has 0 aliphatic carbocycles. The number of urea groups is 1. The maximum Gasteiger partial charge on any atom is 0.319 e. The second-order valence-electron chi connectivity index (χ2n) is 7.29. The van der Waals surface area contributed by atoms with Crippen molar-refractivity contribution in [3.05, 3.63) is 23.9 Å². The van der Waals surface area contributed by atoms with Crippen molar-refractivity contribution in [2.24, 2.45) is 5.92 Å². The van der Waals surface area contributed by atoms with E-state index in [4.69, 9.17) is 5.26 Å². The van der Waals surface area contributed by atoms with E-state index < -0.39 is 0 Å². The first-order valence-corrected chi connectivity index (χ1v) is 9.35. The fourth-order valence-electron chi connectivity index (χ4n) is 3.69. The number of amides is 3. The summed E-state index contributed by atoms with van der Waals surface area (Å²) in [5.41, 5.74) is 0.543. The quantitative estimate of drug-likeness (QED) is 0.775. The first-order valence-electron chi connectivity index (χ1n) is 9.35. The Hall–Kier alpha value is -2.82. The number of nitrogens with zero attached hydrogens (tertiary/aromatic N) is 6. The summed E-state index contributed by atoms with van der Waals surface area (Å²) >= 11 is 0. The van der Waals surface area contributed by atoms with Gasteiger partial charge in [0.15, 0.2) is 0 Å². The summed E-state index contributed by atoms with van der Waals surface area (Å²) < 4.78 is 0. The van der Waals surface area contributed by atoms with E-state index in [0.29, 0.717) is 25.2 Å².